The molecule has 0 radical (unpaired) electrons. The molecule has 1 amide bonds. The van der Waals surface area contributed by atoms with Crippen LogP contribution in [-0.2, 0) is 11.3 Å². The van der Waals surface area contributed by atoms with Gasteiger partial charge in [-0.1, -0.05) is 17.7 Å². The van der Waals surface area contributed by atoms with Crippen LogP contribution in [0.1, 0.15) is 16.0 Å². The van der Waals surface area contributed by atoms with Crippen LogP contribution in [0, 0.1) is 13.8 Å². The zero-order chi connectivity index (χ0) is 15.4. The SMILES string of the molecule is Cc1ccc(NC(=O)C[NH+](C)Cc2sccc2C)cc1Cl. The second-order valence-electron chi connectivity index (χ2n) is 5.35. The van der Waals surface area contributed by atoms with Gasteiger partial charge in [0.25, 0.3) is 5.91 Å². The van der Waals surface area contributed by atoms with Crippen molar-refractivity contribution in [2.45, 2.75) is 20.4 Å². The number of aryl methyl sites for hydroxylation is 2. The van der Waals surface area contributed by atoms with E-state index < -0.39 is 0 Å². The summed E-state index contributed by atoms with van der Waals surface area (Å²) in [6, 6.07) is 7.68. The Kier molecular flexibility index (Phi) is 5.39. The van der Waals surface area contributed by atoms with Gasteiger partial charge in [-0.2, -0.15) is 0 Å². The highest BCUT2D eigenvalue weighted by molar-refractivity contribution is 7.10. The van der Waals surface area contributed by atoms with Gasteiger partial charge in [-0.15, -0.1) is 11.3 Å². The lowest BCUT2D eigenvalue weighted by atomic mass is 10.2. The highest BCUT2D eigenvalue weighted by atomic mass is 35.5. The number of halogens is 1. The summed E-state index contributed by atoms with van der Waals surface area (Å²) in [5.41, 5.74) is 3.05. The molecule has 0 bridgehead atoms. The van der Waals surface area contributed by atoms with Crippen molar-refractivity contribution >= 4 is 34.5 Å². The number of benzene rings is 1. The van der Waals surface area contributed by atoms with Gasteiger partial charge in [-0.3, -0.25) is 4.79 Å². The molecular weight excluding hydrogens is 304 g/mol. The highest BCUT2D eigenvalue weighted by Gasteiger charge is 2.13. The van der Waals surface area contributed by atoms with Gasteiger partial charge < -0.3 is 10.2 Å². The first-order chi connectivity index (χ1) is 9.95. The smallest absolute Gasteiger partial charge is 0.279 e. The van der Waals surface area contributed by atoms with E-state index in [0.29, 0.717) is 11.6 Å². The number of amides is 1. The summed E-state index contributed by atoms with van der Waals surface area (Å²) < 4.78 is 0. The van der Waals surface area contributed by atoms with E-state index in [9.17, 15) is 4.79 Å². The van der Waals surface area contributed by atoms with Crippen LogP contribution in [0.25, 0.3) is 0 Å². The summed E-state index contributed by atoms with van der Waals surface area (Å²) >= 11 is 7.80. The summed E-state index contributed by atoms with van der Waals surface area (Å²) in [6.07, 6.45) is 0. The maximum atomic E-state index is 12.1. The first-order valence-corrected chi connectivity index (χ1v) is 8.11. The number of carbonyl (C=O) groups excluding carboxylic acids is 1. The quantitative estimate of drug-likeness (QED) is 0.871. The van der Waals surface area contributed by atoms with E-state index in [1.54, 1.807) is 17.4 Å². The second kappa shape index (κ2) is 7.07. The van der Waals surface area contributed by atoms with Crippen molar-refractivity contribution in [3.8, 4) is 0 Å². The summed E-state index contributed by atoms with van der Waals surface area (Å²) in [6.45, 7) is 5.34. The van der Waals surface area contributed by atoms with Crippen LogP contribution >= 0.6 is 22.9 Å². The van der Waals surface area contributed by atoms with E-state index >= 15 is 0 Å². The summed E-state index contributed by atoms with van der Waals surface area (Å²) in [7, 11) is 2.03. The van der Waals surface area contributed by atoms with Gasteiger partial charge in [-0.25, -0.2) is 0 Å². The van der Waals surface area contributed by atoms with Crippen LogP contribution in [0.4, 0.5) is 5.69 Å². The largest absolute Gasteiger partial charge is 0.325 e. The molecule has 2 aromatic rings. The van der Waals surface area contributed by atoms with Gasteiger partial charge in [0.15, 0.2) is 6.54 Å². The minimum atomic E-state index is 0.00151. The molecule has 2 rings (SSSR count). The Labute approximate surface area is 134 Å². The number of likely N-dealkylation sites (N-methyl/N-ethyl adjacent to an activating group) is 1. The van der Waals surface area contributed by atoms with Gasteiger partial charge in [0, 0.05) is 10.7 Å². The molecule has 112 valence electrons. The molecule has 1 aromatic carbocycles. The van der Waals surface area contributed by atoms with Gasteiger partial charge in [0.1, 0.15) is 6.54 Å². The standard InChI is InChI=1S/C16H19ClN2OS/c1-11-4-5-13(8-14(11)17)18-16(20)10-19(3)9-15-12(2)6-7-21-15/h4-8H,9-10H2,1-3H3,(H,18,20)/p+1. The Balaban J connectivity index is 1.89. The number of nitrogens with one attached hydrogen (secondary N) is 2. The van der Waals surface area contributed by atoms with E-state index in [2.05, 4.69) is 23.7 Å². The van der Waals surface area contributed by atoms with Crippen molar-refractivity contribution in [2.24, 2.45) is 0 Å². The fourth-order valence-corrected chi connectivity index (χ4v) is 3.27. The molecule has 2 N–H and O–H groups in total. The van der Waals surface area contributed by atoms with Crippen molar-refractivity contribution in [3.63, 3.8) is 0 Å². The van der Waals surface area contributed by atoms with Gasteiger partial charge in [-0.05, 0) is 48.6 Å². The molecule has 1 unspecified atom stereocenters. The molecule has 0 aliphatic carbocycles. The van der Waals surface area contributed by atoms with Crippen molar-refractivity contribution in [1.29, 1.82) is 0 Å². The lowest BCUT2D eigenvalue weighted by Gasteiger charge is -2.14. The predicted octanol–water partition coefficient (Wildman–Crippen LogP) is 2.67. The lowest BCUT2D eigenvalue weighted by Crippen LogP contribution is -3.08. The molecule has 0 fully saturated rings. The number of hydrogen-bond acceptors (Lipinski definition) is 2. The fraction of sp³-hybridized carbons (Fsp3) is 0.312. The second-order valence-corrected chi connectivity index (χ2v) is 6.76. The minimum absolute atomic E-state index is 0.00151. The molecule has 3 nitrogen and oxygen atoms in total. The van der Waals surface area contributed by atoms with Crippen molar-refractivity contribution in [3.05, 3.63) is 50.7 Å². The maximum Gasteiger partial charge on any atom is 0.279 e. The maximum absolute atomic E-state index is 12.1. The molecule has 1 heterocycles. The number of quaternary nitrogens is 1. The van der Waals surface area contributed by atoms with Crippen LogP contribution in [0.3, 0.4) is 0 Å². The Morgan fingerprint density at radius 2 is 2.05 bits per heavy atom. The van der Waals surface area contributed by atoms with Crippen molar-refractivity contribution in [2.75, 3.05) is 18.9 Å². The van der Waals surface area contributed by atoms with Crippen molar-refractivity contribution in [1.82, 2.24) is 0 Å². The van der Waals surface area contributed by atoms with E-state index in [4.69, 9.17) is 11.6 Å². The summed E-state index contributed by atoms with van der Waals surface area (Å²) in [4.78, 5) is 14.6. The Hall–Kier alpha value is -1.36. The first-order valence-electron chi connectivity index (χ1n) is 6.86. The predicted molar refractivity (Wildman–Crippen MR) is 89.3 cm³/mol. The number of thiophene rings is 1. The topological polar surface area (TPSA) is 33.5 Å². The Bertz CT molecular complexity index is 639. The van der Waals surface area contributed by atoms with Gasteiger partial charge in [0.05, 0.1) is 11.9 Å². The number of anilines is 1. The third kappa shape index (κ3) is 4.56. The zero-order valence-electron chi connectivity index (χ0n) is 12.5. The molecule has 0 saturated heterocycles. The zero-order valence-corrected chi connectivity index (χ0v) is 14.1. The molecular formula is C16H20ClN2OS+. The number of carbonyl (C=O) groups is 1. The number of hydrogen-bond donors (Lipinski definition) is 2. The van der Waals surface area contributed by atoms with Crippen LogP contribution < -0.4 is 10.2 Å². The molecule has 5 heteroatoms. The summed E-state index contributed by atoms with van der Waals surface area (Å²) in [5, 5.41) is 5.65. The van der Waals surface area contributed by atoms with E-state index in [0.717, 1.165) is 22.7 Å². The monoisotopic (exact) mass is 323 g/mol. The molecule has 0 aliphatic heterocycles. The van der Waals surface area contributed by atoms with Crippen LogP contribution in [0.5, 0.6) is 0 Å². The molecule has 1 aromatic heterocycles. The van der Waals surface area contributed by atoms with Crippen LogP contribution in [-0.4, -0.2) is 19.5 Å². The third-order valence-electron chi connectivity index (χ3n) is 3.35. The lowest BCUT2D eigenvalue weighted by molar-refractivity contribution is -0.884. The Morgan fingerprint density at radius 3 is 2.67 bits per heavy atom. The van der Waals surface area contributed by atoms with E-state index in [1.807, 2.05) is 26.1 Å². The molecule has 0 saturated carbocycles. The van der Waals surface area contributed by atoms with E-state index in [1.165, 1.54) is 10.4 Å². The Morgan fingerprint density at radius 1 is 1.29 bits per heavy atom. The average Bonchev–Trinajstić information content (AvgIpc) is 2.79. The number of rotatable bonds is 5. The van der Waals surface area contributed by atoms with E-state index in [-0.39, 0.29) is 5.91 Å². The summed E-state index contributed by atoms with van der Waals surface area (Å²) in [5.74, 6) is 0.00151. The highest BCUT2D eigenvalue weighted by Crippen LogP contribution is 2.19. The minimum Gasteiger partial charge on any atom is -0.325 e. The van der Waals surface area contributed by atoms with Gasteiger partial charge >= 0.3 is 0 Å². The normalized spacial score (nSPS) is 12.2. The van der Waals surface area contributed by atoms with Crippen molar-refractivity contribution < 1.29 is 9.69 Å². The molecule has 0 aliphatic rings. The molecule has 0 spiro atoms. The van der Waals surface area contributed by atoms with Crippen LogP contribution in [0.2, 0.25) is 5.02 Å². The molecule has 21 heavy (non-hydrogen) atoms. The third-order valence-corrected chi connectivity index (χ3v) is 4.78. The van der Waals surface area contributed by atoms with Crippen LogP contribution in [0.15, 0.2) is 29.6 Å². The fourth-order valence-electron chi connectivity index (χ4n) is 2.07. The first kappa shape index (κ1) is 16.0. The van der Waals surface area contributed by atoms with Gasteiger partial charge in [0.2, 0.25) is 0 Å². The molecule has 1 atom stereocenters. The average molecular weight is 324 g/mol.